The number of unbranched alkanes of at least 4 members (excludes halogenated alkanes) is 3. The Bertz CT molecular complexity index is 153. The van der Waals surface area contributed by atoms with Crippen LogP contribution in [0.1, 0.15) is 65.2 Å². The summed E-state index contributed by atoms with van der Waals surface area (Å²) in [5, 5.41) is 3.76. The van der Waals surface area contributed by atoms with E-state index in [0.717, 1.165) is 13.2 Å². The van der Waals surface area contributed by atoms with E-state index >= 15 is 0 Å². The highest BCUT2D eigenvalue weighted by molar-refractivity contribution is 4.73. The van der Waals surface area contributed by atoms with E-state index in [-0.39, 0.29) is 0 Å². The first-order valence-corrected chi connectivity index (χ1v) is 7.16. The summed E-state index contributed by atoms with van der Waals surface area (Å²) >= 11 is 0. The van der Waals surface area contributed by atoms with Crippen LogP contribution in [-0.2, 0) is 4.74 Å². The molecule has 2 unspecified atom stereocenters. The summed E-state index contributed by atoms with van der Waals surface area (Å²) in [6.07, 6.45) is 10.5. The molecule has 0 aromatic heterocycles. The molecule has 0 saturated carbocycles. The van der Waals surface area contributed by atoms with Gasteiger partial charge in [-0.3, -0.25) is 0 Å². The van der Waals surface area contributed by atoms with Crippen molar-refractivity contribution in [2.24, 2.45) is 0 Å². The van der Waals surface area contributed by atoms with Crippen LogP contribution in [0, 0.1) is 0 Å². The lowest BCUT2D eigenvalue weighted by Crippen LogP contribution is -2.36. The van der Waals surface area contributed by atoms with Gasteiger partial charge in [-0.2, -0.15) is 0 Å². The third-order valence-electron chi connectivity index (χ3n) is 3.46. The maximum atomic E-state index is 5.48. The lowest BCUT2D eigenvalue weighted by atomic mass is 10.0. The molecule has 16 heavy (non-hydrogen) atoms. The smallest absolute Gasteiger partial charge is 0.0480 e. The third kappa shape index (κ3) is 6.49. The lowest BCUT2D eigenvalue weighted by Gasteiger charge is -2.21. The fourth-order valence-corrected chi connectivity index (χ4v) is 2.43. The maximum absolute atomic E-state index is 5.48. The third-order valence-corrected chi connectivity index (χ3v) is 3.46. The van der Waals surface area contributed by atoms with Gasteiger partial charge in [-0.05, 0) is 32.6 Å². The fraction of sp³-hybridized carbons (Fsp3) is 1.00. The van der Waals surface area contributed by atoms with E-state index in [0.29, 0.717) is 12.1 Å². The summed E-state index contributed by atoms with van der Waals surface area (Å²) in [6, 6.07) is 1.38. The molecule has 0 spiro atoms. The summed E-state index contributed by atoms with van der Waals surface area (Å²) < 4.78 is 5.48. The molecule has 1 aliphatic rings. The maximum Gasteiger partial charge on any atom is 0.0480 e. The Kier molecular flexibility index (Phi) is 7.87. The molecule has 1 saturated heterocycles. The number of nitrogens with one attached hydrogen (secondary N) is 1. The molecule has 0 aromatic carbocycles. The summed E-state index contributed by atoms with van der Waals surface area (Å²) in [5.74, 6) is 0. The lowest BCUT2D eigenvalue weighted by molar-refractivity contribution is 0.142. The number of hydrogen-bond donors (Lipinski definition) is 1. The zero-order chi connectivity index (χ0) is 11.6. The normalized spacial score (nSPS) is 24.0. The molecule has 0 amide bonds. The zero-order valence-electron chi connectivity index (χ0n) is 11.1. The number of hydrogen-bond acceptors (Lipinski definition) is 2. The van der Waals surface area contributed by atoms with Gasteiger partial charge in [0.15, 0.2) is 0 Å². The molecule has 1 aliphatic heterocycles. The molecule has 1 heterocycles. The van der Waals surface area contributed by atoms with Crippen LogP contribution < -0.4 is 5.32 Å². The minimum absolute atomic E-state index is 0.681. The minimum Gasteiger partial charge on any atom is -0.381 e. The van der Waals surface area contributed by atoms with Crippen molar-refractivity contribution in [1.82, 2.24) is 5.32 Å². The second-order valence-electron chi connectivity index (χ2n) is 5.16. The Balaban J connectivity index is 2.04. The van der Waals surface area contributed by atoms with Gasteiger partial charge in [-0.1, -0.05) is 32.6 Å². The van der Waals surface area contributed by atoms with Crippen molar-refractivity contribution >= 4 is 0 Å². The molecule has 96 valence electrons. The Morgan fingerprint density at radius 2 is 2.06 bits per heavy atom. The van der Waals surface area contributed by atoms with Crippen molar-refractivity contribution in [3.8, 4) is 0 Å². The van der Waals surface area contributed by atoms with Crippen molar-refractivity contribution in [1.29, 1.82) is 0 Å². The molecule has 0 radical (unpaired) electrons. The predicted molar refractivity (Wildman–Crippen MR) is 69.8 cm³/mol. The van der Waals surface area contributed by atoms with Crippen LogP contribution >= 0.6 is 0 Å². The van der Waals surface area contributed by atoms with Crippen molar-refractivity contribution in [2.45, 2.75) is 77.3 Å². The van der Waals surface area contributed by atoms with Gasteiger partial charge in [0.1, 0.15) is 0 Å². The van der Waals surface area contributed by atoms with Gasteiger partial charge >= 0.3 is 0 Å². The van der Waals surface area contributed by atoms with Gasteiger partial charge in [0.25, 0.3) is 0 Å². The quantitative estimate of drug-likeness (QED) is 0.672. The molecule has 2 nitrogen and oxygen atoms in total. The highest BCUT2D eigenvalue weighted by Gasteiger charge is 2.14. The highest BCUT2D eigenvalue weighted by Crippen LogP contribution is 2.11. The van der Waals surface area contributed by atoms with E-state index in [1.165, 1.54) is 51.4 Å². The Labute approximate surface area is 101 Å². The molecular formula is C14H29NO. The van der Waals surface area contributed by atoms with E-state index in [9.17, 15) is 0 Å². The van der Waals surface area contributed by atoms with Crippen molar-refractivity contribution < 1.29 is 4.74 Å². The van der Waals surface area contributed by atoms with Crippen LogP contribution in [0.15, 0.2) is 0 Å². The van der Waals surface area contributed by atoms with E-state index in [1.807, 2.05) is 0 Å². The zero-order valence-corrected chi connectivity index (χ0v) is 11.1. The highest BCUT2D eigenvalue weighted by atomic mass is 16.5. The van der Waals surface area contributed by atoms with Gasteiger partial charge in [0.2, 0.25) is 0 Å². The van der Waals surface area contributed by atoms with Crippen LogP contribution in [0.3, 0.4) is 0 Å². The van der Waals surface area contributed by atoms with E-state index in [4.69, 9.17) is 4.74 Å². The summed E-state index contributed by atoms with van der Waals surface area (Å²) in [5.41, 5.74) is 0. The molecule has 0 aromatic rings. The summed E-state index contributed by atoms with van der Waals surface area (Å²) in [6.45, 7) is 6.51. The van der Waals surface area contributed by atoms with Crippen LogP contribution in [0.2, 0.25) is 0 Å². The first-order chi connectivity index (χ1) is 7.83. The van der Waals surface area contributed by atoms with Crippen molar-refractivity contribution in [2.75, 3.05) is 13.2 Å². The van der Waals surface area contributed by atoms with Gasteiger partial charge in [0.05, 0.1) is 0 Å². The average Bonchev–Trinajstić information content (AvgIpc) is 2.53. The van der Waals surface area contributed by atoms with Gasteiger partial charge in [-0.25, -0.2) is 0 Å². The monoisotopic (exact) mass is 227 g/mol. The van der Waals surface area contributed by atoms with Crippen molar-refractivity contribution in [3.05, 3.63) is 0 Å². The molecule has 0 bridgehead atoms. The topological polar surface area (TPSA) is 21.3 Å². The van der Waals surface area contributed by atoms with Crippen LogP contribution in [0.25, 0.3) is 0 Å². The van der Waals surface area contributed by atoms with E-state index in [1.54, 1.807) is 0 Å². The van der Waals surface area contributed by atoms with E-state index in [2.05, 4.69) is 19.2 Å². The van der Waals surface area contributed by atoms with Gasteiger partial charge < -0.3 is 10.1 Å². The first kappa shape index (κ1) is 14.0. The molecule has 1 rings (SSSR count). The second-order valence-corrected chi connectivity index (χ2v) is 5.16. The van der Waals surface area contributed by atoms with Gasteiger partial charge in [-0.15, -0.1) is 0 Å². The van der Waals surface area contributed by atoms with Crippen LogP contribution in [-0.4, -0.2) is 25.3 Å². The Morgan fingerprint density at radius 1 is 1.19 bits per heavy atom. The first-order valence-electron chi connectivity index (χ1n) is 7.16. The fourth-order valence-electron chi connectivity index (χ4n) is 2.43. The molecule has 1 fully saturated rings. The summed E-state index contributed by atoms with van der Waals surface area (Å²) in [7, 11) is 0. The van der Waals surface area contributed by atoms with Crippen molar-refractivity contribution in [3.63, 3.8) is 0 Å². The SMILES string of the molecule is CCCCCCC(C)NC1CCCOCC1. The Morgan fingerprint density at radius 3 is 2.88 bits per heavy atom. The van der Waals surface area contributed by atoms with Crippen LogP contribution in [0.4, 0.5) is 0 Å². The predicted octanol–water partition coefficient (Wildman–Crippen LogP) is 3.50. The second kappa shape index (κ2) is 9.00. The minimum atomic E-state index is 0.681. The number of ether oxygens (including phenoxy) is 1. The standard InChI is InChI=1S/C14H29NO/c1-3-4-5-6-8-13(2)15-14-9-7-11-16-12-10-14/h13-15H,3-12H2,1-2H3. The molecular weight excluding hydrogens is 198 g/mol. The average molecular weight is 227 g/mol. The van der Waals surface area contributed by atoms with Crippen LogP contribution in [0.5, 0.6) is 0 Å². The molecule has 1 N–H and O–H groups in total. The molecule has 0 aliphatic carbocycles. The molecule has 2 heteroatoms. The Hall–Kier alpha value is -0.0800. The van der Waals surface area contributed by atoms with E-state index < -0.39 is 0 Å². The largest absolute Gasteiger partial charge is 0.381 e. The summed E-state index contributed by atoms with van der Waals surface area (Å²) in [4.78, 5) is 0. The van der Waals surface area contributed by atoms with Gasteiger partial charge in [0, 0.05) is 25.3 Å². The molecule has 2 atom stereocenters. The number of rotatable bonds is 7.